The van der Waals surface area contributed by atoms with E-state index in [9.17, 15) is 8.42 Å². The lowest BCUT2D eigenvalue weighted by Crippen LogP contribution is -2.37. The number of fused-ring (bicyclic) bond motifs is 2. The van der Waals surface area contributed by atoms with Crippen molar-refractivity contribution >= 4 is 32.9 Å². The molecule has 4 rings (SSSR count). The lowest BCUT2D eigenvalue weighted by atomic mass is 10.1. The maximum atomic E-state index is 12.0. The van der Waals surface area contributed by atoms with Gasteiger partial charge in [0.1, 0.15) is 0 Å². The number of hydrogen-bond acceptors (Lipinski definition) is 5. The third-order valence-corrected chi connectivity index (χ3v) is 6.58. The van der Waals surface area contributed by atoms with Crippen LogP contribution in [0.25, 0.3) is 0 Å². The molecule has 2 fully saturated rings. The van der Waals surface area contributed by atoms with E-state index in [-0.39, 0.29) is 30.4 Å². The van der Waals surface area contributed by atoms with Crippen LogP contribution in [0, 0.1) is 0 Å². The van der Waals surface area contributed by atoms with Gasteiger partial charge >= 0.3 is 0 Å². The van der Waals surface area contributed by atoms with Crippen LogP contribution in [0.4, 0.5) is 5.69 Å². The molecule has 0 N–H and O–H groups in total. The molecule has 22 heavy (non-hydrogen) atoms. The van der Waals surface area contributed by atoms with Crippen LogP contribution in [-0.2, 0) is 9.84 Å². The molecule has 2 saturated heterocycles. The Morgan fingerprint density at radius 3 is 2.73 bits per heavy atom. The zero-order chi connectivity index (χ0) is 15.5. The molecular formula is C14H16N2O4S2. The summed E-state index contributed by atoms with van der Waals surface area (Å²) >= 11 is 5.59. The minimum atomic E-state index is -3.02. The number of rotatable bonds is 2. The van der Waals surface area contributed by atoms with E-state index in [1.54, 1.807) is 0 Å². The molecule has 8 heteroatoms. The van der Waals surface area contributed by atoms with Crippen LogP contribution in [0.2, 0.25) is 0 Å². The summed E-state index contributed by atoms with van der Waals surface area (Å²) in [5.74, 6) is 1.69. The number of benzene rings is 1. The molecule has 0 spiro atoms. The Hall–Kier alpha value is -1.54. The monoisotopic (exact) mass is 340 g/mol. The third kappa shape index (κ3) is 1.97. The van der Waals surface area contributed by atoms with Crippen molar-refractivity contribution < 1.29 is 17.9 Å². The van der Waals surface area contributed by atoms with Gasteiger partial charge in [-0.25, -0.2) is 8.42 Å². The minimum absolute atomic E-state index is 0.0621. The Labute approximate surface area is 134 Å². The van der Waals surface area contributed by atoms with Gasteiger partial charge < -0.3 is 19.3 Å². The Balaban J connectivity index is 1.75. The van der Waals surface area contributed by atoms with Crippen molar-refractivity contribution in [1.82, 2.24) is 4.90 Å². The molecule has 3 heterocycles. The molecule has 0 amide bonds. The standard InChI is InChI=1S/C14H16N2O4S2/c1-2-15-10-6-22(17,18)7-11(10)16(14(15)21)9-3-4-12-13(5-9)20-8-19-12/h3-5,10-11H,2,6-8H2,1H3. The van der Waals surface area contributed by atoms with Crippen LogP contribution in [0.15, 0.2) is 18.2 Å². The molecule has 0 radical (unpaired) electrons. The second-order valence-electron chi connectivity index (χ2n) is 5.69. The molecule has 0 saturated carbocycles. The van der Waals surface area contributed by atoms with Crippen LogP contribution in [0.1, 0.15) is 6.92 Å². The Morgan fingerprint density at radius 1 is 1.23 bits per heavy atom. The summed E-state index contributed by atoms with van der Waals surface area (Å²) in [6.45, 7) is 2.92. The van der Waals surface area contributed by atoms with Gasteiger partial charge in [-0.1, -0.05) is 0 Å². The van der Waals surface area contributed by atoms with Crippen LogP contribution in [-0.4, -0.2) is 55.4 Å². The fourth-order valence-corrected chi connectivity index (χ4v) is 5.94. The molecule has 3 aliphatic rings. The molecule has 2 unspecified atom stereocenters. The Bertz CT molecular complexity index is 749. The van der Waals surface area contributed by atoms with Gasteiger partial charge in [0.25, 0.3) is 0 Å². The second-order valence-corrected chi connectivity index (χ2v) is 8.21. The molecule has 3 aliphatic heterocycles. The van der Waals surface area contributed by atoms with Crippen LogP contribution < -0.4 is 14.4 Å². The number of hydrogen-bond donors (Lipinski definition) is 0. The van der Waals surface area contributed by atoms with E-state index in [1.165, 1.54) is 0 Å². The summed E-state index contributed by atoms with van der Waals surface area (Å²) in [6.07, 6.45) is 0. The van der Waals surface area contributed by atoms with Gasteiger partial charge in [-0.05, 0) is 31.3 Å². The highest BCUT2D eigenvalue weighted by Crippen LogP contribution is 2.40. The highest BCUT2D eigenvalue weighted by atomic mass is 32.2. The summed E-state index contributed by atoms with van der Waals surface area (Å²) in [7, 11) is -3.02. The van der Waals surface area contributed by atoms with E-state index in [2.05, 4.69) is 0 Å². The first-order valence-corrected chi connectivity index (χ1v) is 9.43. The summed E-state index contributed by atoms with van der Waals surface area (Å²) in [5.41, 5.74) is 0.859. The number of nitrogens with zero attached hydrogens (tertiary/aromatic N) is 2. The van der Waals surface area contributed by atoms with Gasteiger partial charge in [0.15, 0.2) is 26.4 Å². The average Bonchev–Trinajstić information content (AvgIpc) is 3.09. The summed E-state index contributed by atoms with van der Waals surface area (Å²) < 4.78 is 34.8. The average molecular weight is 340 g/mol. The molecule has 0 aliphatic carbocycles. The number of anilines is 1. The van der Waals surface area contributed by atoms with Crippen LogP contribution >= 0.6 is 12.2 Å². The lowest BCUT2D eigenvalue weighted by Gasteiger charge is -2.25. The lowest BCUT2D eigenvalue weighted by molar-refractivity contribution is 0.174. The van der Waals surface area contributed by atoms with Gasteiger partial charge in [0, 0.05) is 18.3 Å². The van der Waals surface area contributed by atoms with Crippen molar-refractivity contribution in [2.24, 2.45) is 0 Å². The zero-order valence-corrected chi connectivity index (χ0v) is 13.7. The Kier molecular flexibility index (Phi) is 3.02. The van der Waals surface area contributed by atoms with Gasteiger partial charge in [-0.2, -0.15) is 0 Å². The van der Waals surface area contributed by atoms with Gasteiger partial charge in [0.2, 0.25) is 6.79 Å². The SMILES string of the molecule is CCN1C(=S)N(c2ccc3c(c2)OCO3)C2CS(=O)(=O)CC21. The highest BCUT2D eigenvalue weighted by molar-refractivity contribution is 7.91. The summed E-state index contributed by atoms with van der Waals surface area (Å²) in [6, 6.07) is 5.43. The number of thiocarbonyl (C=S) groups is 1. The van der Waals surface area contributed by atoms with E-state index >= 15 is 0 Å². The Morgan fingerprint density at radius 2 is 1.95 bits per heavy atom. The minimum Gasteiger partial charge on any atom is -0.454 e. The van der Waals surface area contributed by atoms with E-state index in [4.69, 9.17) is 21.7 Å². The van der Waals surface area contributed by atoms with Crippen molar-refractivity contribution in [3.63, 3.8) is 0 Å². The van der Waals surface area contributed by atoms with Crippen LogP contribution in [0.3, 0.4) is 0 Å². The smallest absolute Gasteiger partial charge is 0.231 e. The number of sulfone groups is 1. The van der Waals surface area contributed by atoms with Crippen molar-refractivity contribution in [3.05, 3.63) is 18.2 Å². The molecule has 2 atom stereocenters. The topological polar surface area (TPSA) is 59.1 Å². The predicted molar refractivity (Wildman–Crippen MR) is 86.3 cm³/mol. The van der Waals surface area contributed by atoms with Gasteiger partial charge in [-0.15, -0.1) is 0 Å². The first-order valence-electron chi connectivity index (χ1n) is 7.20. The molecule has 1 aromatic carbocycles. The first-order chi connectivity index (χ1) is 10.5. The zero-order valence-electron chi connectivity index (χ0n) is 12.1. The van der Waals surface area contributed by atoms with Gasteiger partial charge in [-0.3, -0.25) is 0 Å². The maximum Gasteiger partial charge on any atom is 0.231 e. The first kappa shape index (κ1) is 14.1. The normalized spacial score (nSPS) is 28.3. The maximum absolute atomic E-state index is 12.0. The summed E-state index contributed by atoms with van der Waals surface area (Å²) in [4.78, 5) is 3.96. The second kappa shape index (κ2) is 4.73. The largest absolute Gasteiger partial charge is 0.454 e. The molecule has 6 nitrogen and oxygen atoms in total. The van der Waals surface area contributed by atoms with E-state index in [1.807, 2.05) is 34.9 Å². The molecule has 1 aromatic rings. The van der Waals surface area contributed by atoms with Crippen molar-refractivity contribution in [1.29, 1.82) is 0 Å². The molecular weight excluding hydrogens is 324 g/mol. The summed E-state index contributed by atoms with van der Waals surface area (Å²) in [5, 5.41) is 0.686. The molecule has 0 aromatic heterocycles. The number of likely N-dealkylation sites (N-methyl/N-ethyl adjacent to an activating group) is 1. The molecule has 118 valence electrons. The number of ether oxygens (including phenoxy) is 2. The van der Waals surface area contributed by atoms with E-state index < -0.39 is 9.84 Å². The van der Waals surface area contributed by atoms with Crippen molar-refractivity contribution in [3.8, 4) is 11.5 Å². The quantitative estimate of drug-likeness (QED) is 0.745. The van der Waals surface area contributed by atoms with Crippen molar-refractivity contribution in [2.75, 3.05) is 29.7 Å². The van der Waals surface area contributed by atoms with Gasteiger partial charge in [0.05, 0.1) is 23.6 Å². The van der Waals surface area contributed by atoms with E-state index in [0.29, 0.717) is 23.2 Å². The molecule has 0 bridgehead atoms. The van der Waals surface area contributed by atoms with E-state index in [0.717, 1.165) is 5.69 Å². The van der Waals surface area contributed by atoms with Crippen LogP contribution in [0.5, 0.6) is 11.5 Å². The third-order valence-electron chi connectivity index (χ3n) is 4.45. The predicted octanol–water partition coefficient (Wildman–Crippen LogP) is 1.01. The van der Waals surface area contributed by atoms with Crippen molar-refractivity contribution in [2.45, 2.75) is 19.0 Å². The fourth-order valence-electron chi connectivity index (χ4n) is 3.48. The fraction of sp³-hybridized carbons (Fsp3) is 0.500. The highest BCUT2D eigenvalue weighted by Gasteiger charge is 2.51.